The second kappa shape index (κ2) is 10.6. The first kappa shape index (κ1) is 19.0. The molecule has 124 valence electrons. The van der Waals surface area contributed by atoms with E-state index in [1.165, 1.54) is 37.7 Å². The van der Waals surface area contributed by atoms with E-state index < -0.39 is 0 Å². The van der Waals surface area contributed by atoms with E-state index in [2.05, 4.69) is 34.5 Å². The summed E-state index contributed by atoms with van der Waals surface area (Å²) in [5.74, 6) is 0.320. The molecule has 1 N–H and O–H groups in total. The van der Waals surface area contributed by atoms with Gasteiger partial charge in [0.1, 0.15) is 0 Å². The topological polar surface area (TPSA) is 32.3 Å². The summed E-state index contributed by atoms with van der Waals surface area (Å²) >= 11 is 0. The maximum Gasteiger partial charge on any atom is 0.223 e. The van der Waals surface area contributed by atoms with Crippen molar-refractivity contribution in [3.8, 4) is 0 Å². The van der Waals surface area contributed by atoms with Crippen LogP contribution in [0.4, 0.5) is 0 Å². The molecule has 0 unspecified atom stereocenters. The van der Waals surface area contributed by atoms with Crippen molar-refractivity contribution < 1.29 is 4.79 Å². The van der Waals surface area contributed by atoms with Crippen LogP contribution in [-0.2, 0) is 11.3 Å². The Morgan fingerprint density at radius 1 is 1.18 bits per heavy atom. The number of nitrogens with one attached hydrogen (secondary N) is 1. The van der Waals surface area contributed by atoms with Crippen LogP contribution in [0.25, 0.3) is 0 Å². The number of nitrogens with zero attached hydrogens (tertiary/aromatic N) is 1. The van der Waals surface area contributed by atoms with Crippen molar-refractivity contribution in [3.63, 3.8) is 0 Å². The number of hydrogen-bond acceptors (Lipinski definition) is 2. The number of halogens is 1. The predicted octanol–water partition coefficient (Wildman–Crippen LogP) is 3.77. The standard InChI is InChI=1S/C18H28N2O.ClH/c1-19-14-8-13-18(21)20(17-11-6-3-7-12-17)15-16-9-4-2-5-10-16;/h2,4-5,9-10,17,19H,3,6-8,11-15H2,1H3;1H. The lowest BCUT2D eigenvalue weighted by Gasteiger charge is -2.34. The first-order valence-electron chi connectivity index (χ1n) is 8.29. The molecular formula is C18H29ClN2O. The van der Waals surface area contributed by atoms with E-state index >= 15 is 0 Å². The van der Waals surface area contributed by atoms with Gasteiger partial charge in [-0.15, -0.1) is 12.4 Å². The van der Waals surface area contributed by atoms with Gasteiger partial charge in [0.2, 0.25) is 5.91 Å². The van der Waals surface area contributed by atoms with Crippen molar-refractivity contribution in [2.75, 3.05) is 13.6 Å². The first-order chi connectivity index (χ1) is 10.3. The lowest BCUT2D eigenvalue weighted by atomic mass is 9.93. The van der Waals surface area contributed by atoms with E-state index in [4.69, 9.17) is 0 Å². The smallest absolute Gasteiger partial charge is 0.223 e. The number of amides is 1. The highest BCUT2D eigenvalue weighted by atomic mass is 35.5. The summed E-state index contributed by atoms with van der Waals surface area (Å²) in [4.78, 5) is 14.8. The summed E-state index contributed by atoms with van der Waals surface area (Å²) in [5.41, 5.74) is 1.24. The third kappa shape index (κ3) is 5.98. The molecule has 2 rings (SSSR count). The molecule has 0 radical (unpaired) electrons. The lowest BCUT2D eigenvalue weighted by Crippen LogP contribution is -2.41. The number of rotatable bonds is 7. The molecule has 3 nitrogen and oxygen atoms in total. The molecule has 1 aliphatic carbocycles. The molecule has 1 aromatic rings. The zero-order valence-electron chi connectivity index (χ0n) is 13.6. The summed E-state index contributed by atoms with van der Waals surface area (Å²) in [5, 5.41) is 3.12. The summed E-state index contributed by atoms with van der Waals surface area (Å²) in [6, 6.07) is 10.8. The van der Waals surface area contributed by atoms with Gasteiger partial charge in [0.25, 0.3) is 0 Å². The molecule has 22 heavy (non-hydrogen) atoms. The zero-order valence-corrected chi connectivity index (χ0v) is 14.4. The molecule has 0 bridgehead atoms. The van der Waals surface area contributed by atoms with Crippen molar-refractivity contribution in [2.24, 2.45) is 0 Å². The fourth-order valence-electron chi connectivity index (χ4n) is 3.15. The largest absolute Gasteiger partial charge is 0.335 e. The maximum atomic E-state index is 12.6. The Hall–Kier alpha value is -1.06. The van der Waals surface area contributed by atoms with E-state index in [0.717, 1.165) is 19.5 Å². The first-order valence-corrected chi connectivity index (χ1v) is 8.29. The second-order valence-corrected chi connectivity index (χ2v) is 6.01. The molecule has 1 saturated carbocycles. The van der Waals surface area contributed by atoms with Gasteiger partial charge >= 0.3 is 0 Å². The van der Waals surface area contributed by atoms with Crippen LogP contribution in [-0.4, -0.2) is 30.4 Å². The van der Waals surface area contributed by atoms with Gasteiger partial charge in [-0.1, -0.05) is 49.6 Å². The minimum absolute atomic E-state index is 0. The average molecular weight is 325 g/mol. The van der Waals surface area contributed by atoms with E-state index in [-0.39, 0.29) is 12.4 Å². The molecule has 1 amide bonds. The predicted molar refractivity (Wildman–Crippen MR) is 94.3 cm³/mol. The Morgan fingerprint density at radius 3 is 2.50 bits per heavy atom. The molecule has 0 aromatic heterocycles. The fourth-order valence-corrected chi connectivity index (χ4v) is 3.15. The van der Waals surface area contributed by atoms with Crippen LogP contribution in [0.5, 0.6) is 0 Å². The van der Waals surface area contributed by atoms with Crippen LogP contribution in [0, 0.1) is 0 Å². The van der Waals surface area contributed by atoms with Crippen molar-refractivity contribution in [1.82, 2.24) is 10.2 Å². The van der Waals surface area contributed by atoms with Crippen molar-refractivity contribution in [2.45, 2.75) is 57.5 Å². The number of carbonyl (C=O) groups is 1. The molecule has 0 aliphatic heterocycles. The van der Waals surface area contributed by atoms with Crippen LogP contribution >= 0.6 is 12.4 Å². The van der Waals surface area contributed by atoms with E-state index in [9.17, 15) is 4.79 Å². The van der Waals surface area contributed by atoms with Crippen molar-refractivity contribution >= 4 is 18.3 Å². The number of carbonyl (C=O) groups excluding carboxylic acids is 1. The van der Waals surface area contributed by atoms with Crippen molar-refractivity contribution in [1.29, 1.82) is 0 Å². The lowest BCUT2D eigenvalue weighted by molar-refractivity contribution is -0.135. The number of benzene rings is 1. The molecule has 4 heteroatoms. The van der Waals surface area contributed by atoms with Crippen LogP contribution in [0.3, 0.4) is 0 Å². The molecule has 0 saturated heterocycles. The van der Waals surface area contributed by atoms with E-state index in [1.807, 2.05) is 13.1 Å². The minimum Gasteiger partial charge on any atom is -0.335 e. The van der Waals surface area contributed by atoms with Crippen LogP contribution < -0.4 is 5.32 Å². The molecular weight excluding hydrogens is 296 g/mol. The van der Waals surface area contributed by atoms with Gasteiger partial charge in [-0.2, -0.15) is 0 Å². The van der Waals surface area contributed by atoms with Gasteiger partial charge in [-0.3, -0.25) is 4.79 Å². The zero-order chi connectivity index (χ0) is 14.9. The molecule has 1 aliphatic rings. The Balaban J connectivity index is 0.00000242. The van der Waals surface area contributed by atoms with E-state index in [1.54, 1.807) is 0 Å². The van der Waals surface area contributed by atoms with Crippen LogP contribution in [0.15, 0.2) is 30.3 Å². The monoisotopic (exact) mass is 324 g/mol. The molecule has 0 atom stereocenters. The SMILES string of the molecule is CNCCCC(=O)N(Cc1ccccc1)C1CCCCC1.Cl. The third-order valence-corrected chi connectivity index (χ3v) is 4.35. The average Bonchev–Trinajstić information content (AvgIpc) is 2.54. The Kier molecular flexibility index (Phi) is 9.17. The Morgan fingerprint density at radius 2 is 1.86 bits per heavy atom. The maximum absolute atomic E-state index is 12.6. The highest BCUT2D eigenvalue weighted by molar-refractivity contribution is 5.85. The third-order valence-electron chi connectivity index (χ3n) is 4.35. The van der Waals surface area contributed by atoms with Gasteiger partial charge in [0, 0.05) is 19.0 Å². The van der Waals surface area contributed by atoms with E-state index in [0.29, 0.717) is 18.4 Å². The van der Waals surface area contributed by atoms with Gasteiger partial charge in [0.15, 0.2) is 0 Å². The van der Waals surface area contributed by atoms with Crippen molar-refractivity contribution in [3.05, 3.63) is 35.9 Å². The normalized spacial score (nSPS) is 15.1. The summed E-state index contributed by atoms with van der Waals surface area (Å²) in [6.45, 7) is 1.68. The summed E-state index contributed by atoms with van der Waals surface area (Å²) in [7, 11) is 1.94. The highest BCUT2D eigenvalue weighted by Crippen LogP contribution is 2.25. The van der Waals surface area contributed by atoms with Gasteiger partial charge < -0.3 is 10.2 Å². The Bertz CT molecular complexity index is 418. The molecule has 1 fully saturated rings. The molecule has 1 aromatic carbocycles. The van der Waals surface area contributed by atoms with Gasteiger partial charge in [0.05, 0.1) is 0 Å². The summed E-state index contributed by atoms with van der Waals surface area (Å²) in [6.07, 6.45) is 7.77. The summed E-state index contributed by atoms with van der Waals surface area (Å²) < 4.78 is 0. The Labute approximate surface area is 140 Å². The molecule has 0 spiro atoms. The fraction of sp³-hybridized carbons (Fsp3) is 0.611. The van der Waals surface area contributed by atoms with Crippen LogP contribution in [0.2, 0.25) is 0 Å². The van der Waals surface area contributed by atoms with Gasteiger partial charge in [-0.25, -0.2) is 0 Å². The second-order valence-electron chi connectivity index (χ2n) is 6.01. The minimum atomic E-state index is 0. The quantitative estimate of drug-likeness (QED) is 0.774. The van der Waals surface area contributed by atoms with Crippen LogP contribution in [0.1, 0.15) is 50.5 Å². The van der Waals surface area contributed by atoms with Gasteiger partial charge in [-0.05, 0) is 38.4 Å². The highest BCUT2D eigenvalue weighted by Gasteiger charge is 2.24. The number of hydrogen-bond donors (Lipinski definition) is 1. The molecule has 0 heterocycles.